The molecular weight excluding hydrogens is 471 g/mol. The number of rotatable bonds is 3. The number of nitrogens with one attached hydrogen (secondary N) is 2. The molecule has 1 heterocycles. The lowest BCUT2D eigenvalue weighted by Crippen LogP contribution is -2.48. The van der Waals surface area contributed by atoms with Gasteiger partial charge in [0.15, 0.2) is 0 Å². The van der Waals surface area contributed by atoms with E-state index < -0.39 is 29.6 Å². The summed E-state index contributed by atoms with van der Waals surface area (Å²) in [5.41, 5.74) is -1.00. The van der Waals surface area contributed by atoms with E-state index in [1.165, 1.54) is 24.1 Å². The highest BCUT2D eigenvalue weighted by molar-refractivity contribution is 5.66. The third-order valence-electron chi connectivity index (χ3n) is 5.11. The molecule has 0 bridgehead atoms. The first-order valence-corrected chi connectivity index (χ1v) is 10.1. The minimum Gasteiger partial charge on any atom is -0.465 e. The maximum absolute atomic E-state index is 13.0. The number of carbonyl (C=O) groups is 1. The molecule has 1 aliphatic heterocycles. The van der Waals surface area contributed by atoms with E-state index in [-0.39, 0.29) is 30.0 Å². The van der Waals surface area contributed by atoms with Crippen LogP contribution < -0.4 is 10.6 Å². The maximum atomic E-state index is 13.0. The number of piperazine rings is 1. The van der Waals surface area contributed by atoms with Gasteiger partial charge in [-0.25, -0.2) is 9.18 Å². The van der Waals surface area contributed by atoms with Crippen molar-refractivity contribution >= 4 is 6.09 Å². The summed E-state index contributed by atoms with van der Waals surface area (Å²) >= 11 is 0. The highest BCUT2D eigenvalue weighted by atomic mass is 19.4. The van der Waals surface area contributed by atoms with Crippen molar-refractivity contribution in [2.24, 2.45) is 0 Å². The first kappa shape index (κ1) is 27.4. The second-order valence-corrected chi connectivity index (χ2v) is 7.64. The molecule has 3 N–H and O–H groups in total. The molecule has 1 fully saturated rings. The Labute approximate surface area is 191 Å². The third-order valence-corrected chi connectivity index (χ3v) is 5.11. The fourth-order valence-corrected chi connectivity index (χ4v) is 3.55. The van der Waals surface area contributed by atoms with Crippen molar-refractivity contribution in [2.75, 3.05) is 26.7 Å². The van der Waals surface area contributed by atoms with Crippen molar-refractivity contribution in [1.29, 1.82) is 0 Å². The summed E-state index contributed by atoms with van der Waals surface area (Å²) in [6, 6.07) is 5.75. The molecule has 12 heteroatoms. The van der Waals surface area contributed by atoms with Crippen LogP contribution in [0.5, 0.6) is 0 Å². The zero-order valence-corrected chi connectivity index (χ0v) is 18.3. The van der Waals surface area contributed by atoms with Crippen LogP contribution in [-0.4, -0.2) is 42.8 Å². The molecule has 2 aromatic carbocycles. The van der Waals surface area contributed by atoms with Crippen molar-refractivity contribution in [3.05, 3.63) is 70.0 Å². The van der Waals surface area contributed by atoms with Crippen molar-refractivity contribution in [3.8, 4) is 0 Å². The van der Waals surface area contributed by atoms with Gasteiger partial charge in [-0.2, -0.15) is 26.3 Å². The van der Waals surface area contributed by atoms with Crippen molar-refractivity contribution < 1.29 is 40.6 Å². The smallest absolute Gasteiger partial charge is 0.416 e. The van der Waals surface area contributed by atoms with Crippen molar-refractivity contribution in [3.63, 3.8) is 0 Å². The van der Waals surface area contributed by atoms with Gasteiger partial charge in [0, 0.05) is 26.2 Å². The van der Waals surface area contributed by atoms with E-state index in [4.69, 9.17) is 5.11 Å². The fourth-order valence-electron chi connectivity index (χ4n) is 3.55. The van der Waals surface area contributed by atoms with Gasteiger partial charge in [-0.05, 0) is 61.0 Å². The number of aryl methyl sites for hydroxylation is 1. The van der Waals surface area contributed by atoms with Gasteiger partial charge >= 0.3 is 18.4 Å². The molecule has 1 aliphatic rings. The molecule has 3 rings (SSSR count). The summed E-state index contributed by atoms with van der Waals surface area (Å²) in [7, 11) is 1.44. The number of nitrogens with zero attached hydrogens (tertiary/aromatic N) is 1. The van der Waals surface area contributed by atoms with Gasteiger partial charge in [0.05, 0.1) is 17.2 Å². The van der Waals surface area contributed by atoms with E-state index in [2.05, 4.69) is 10.6 Å². The molecule has 0 aliphatic carbocycles. The van der Waals surface area contributed by atoms with Gasteiger partial charge in [0.1, 0.15) is 5.82 Å². The minimum absolute atomic E-state index is 0.0605. The average Bonchev–Trinajstić information content (AvgIpc) is 2.73. The molecule has 5 nitrogen and oxygen atoms in total. The number of benzene rings is 2. The Morgan fingerprint density at radius 3 is 2.15 bits per heavy atom. The van der Waals surface area contributed by atoms with Gasteiger partial charge in [-0.3, -0.25) is 4.90 Å². The van der Waals surface area contributed by atoms with E-state index in [0.717, 1.165) is 11.1 Å². The number of hydrogen-bond acceptors (Lipinski definition) is 3. The Balaban J connectivity index is 0.000000240. The summed E-state index contributed by atoms with van der Waals surface area (Å²) in [5.74, 6) is -0.295. The zero-order valence-electron chi connectivity index (χ0n) is 18.3. The molecule has 188 valence electrons. The normalized spacial score (nSPS) is 16.6. The molecule has 0 aromatic heterocycles. The highest BCUT2D eigenvalue weighted by Gasteiger charge is 2.36. The average molecular weight is 495 g/mol. The number of hydrogen-bond donors (Lipinski definition) is 3. The standard InChI is InChI=1S/C12H15FN2O2.C10H9F6N/c1-8-6-9(13)2-3-10(8)11-7-14-4-5-15(11)12(16)17;1-17-5-6-2-7(9(11,12)13)4-8(3-6)10(14,15)16/h2-3,6,11,14H,4-5,7H2,1H3,(H,16,17);2-4,17H,5H2,1H3. The molecule has 1 unspecified atom stereocenters. The van der Waals surface area contributed by atoms with Crippen LogP contribution in [0.4, 0.5) is 35.5 Å². The zero-order chi connectivity index (χ0) is 25.7. The molecule has 0 radical (unpaired) electrons. The summed E-state index contributed by atoms with van der Waals surface area (Å²) in [6.07, 6.45) is -10.5. The summed E-state index contributed by atoms with van der Waals surface area (Å²) in [4.78, 5) is 12.5. The first-order chi connectivity index (χ1) is 15.7. The highest BCUT2D eigenvalue weighted by Crippen LogP contribution is 2.36. The van der Waals surface area contributed by atoms with Crippen LogP contribution in [0.3, 0.4) is 0 Å². The Hall–Kier alpha value is -2.86. The second kappa shape index (κ2) is 11.0. The topological polar surface area (TPSA) is 64.6 Å². The Kier molecular flexibility index (Phi) is 8.89. The molecular formula is C22H24F7N3O2. The van der Waals surface area contributed by atoms with Crippen LogP contribution in [-0.2, 0) is 18.9 Å². The molecule has 34 heavy (non-hydrogen) atoms. The van der Waals surface area contributed by atoms with Gasteiger partial charge in [0.25, 0.3) is 0 Å². The van der Waals surface area contributed by atoms with Crippen LogP contribution in [0.1, 0.15) is 33.9 Å². The van der Waals surface area contributed by atoms with Crippen molar-refractivity contribution in [2.45, 2.75) is 31.9 Å². The number of alkyl halides is 6. The minimum atomic E-state index is -4.79. The summed E-state index contributed by atoms with van der Waals surface area (Å²) in [5, 5.41) is 14.8. The lowest BCUT2D eigenvalue weighted by molar-refractivity contribution is -0.143. The SMILES string of the molecule is CNCc1cc(C(F)(F)F)cc(C(F)(F)F)c1.Cc1cc(F)ccc1C1CNCCN1C(=O)O. The maximum Gasteiger partial charge on any atom is 0.416 e. The molecule has 0 saturated carbocycles. The van der Waals surface area contributed by atoms with Crippen LogP contribution in [0.15, 0.2) is 36.4 Å². The third kappa shape index (κ3) is 7.32. The summed E-state index contributed by atoms with van der Waals surface area (Å²) < 4.78 is 87.4. The van der Waals surface area contributed by atoms with Gasteiger partial charge < -0.3 is 15.7 Å². The van der Waals surface area contributed by atoms with E-state index in [1.807, 2.05) is 0 Å². The Morgan fingerprint density at radius 1 is 1.09 bits per heavy atom. The fraction of sp³-hybridized carbons (Fsp3) is 0.409. The second-order valence-electron chi connectivity index (χ2n) is 7.64. The lowest BCUT2D eigenvalue weighted by atomic mass is 9.98. The first-order valence-electron chi connectivity index (χ1n) is 10.1. The quantitative estimate of drug-likeness (QED) is 0.512. The van der Waals surface area contributed by atoms with Gasteiger partial charge in [-0.1, -0.05) is 6.07 Å². The van der Waals surface area contributed by atoms with Crippen LogP contribution in [0, 0.1) is 12.7 Å². The van der Waals surface area contributed by atoms with Crippen LogP contribution in [0.2, 0.25) is 0 Å². The van der Waals surface area contributed by atoms with E-state index >= 15 is 0 Å². The van der Waals surface area contributed by atoms with Crippen molar-refractivity contribution in [1.82, 2.24) is 15.5 Å². The molecule has 2 aromatic rings. The number of carboxylic acid groups (broad SMARTS) is 1. The van der Waals surface area contributed by atoms with E-state index in [9.17, 15) is 35.5 Å². The predicted octanol–water partition coefficient (Wildman–Crippen LogP) is 5.20. The van der Waals surface area contributed by atoms with Crippen LogP contribution >= 0.6 is 0 Å². The molecule has 0 spiro atoms. The van der Waals surface area contributed by atoms with E-state index in [0.29, 0.717) is 31.8 Å². The largest absolute Gasteiger partial charge is 0.465 e. The predicted molar refractivity (Wildman–Crippen MR) is 111 cm³/mol. The van der Waals surface area contributed by atoms with Gasteiger partial charge in [-0.15, -0.1) is 0 Å². The molecule has 1 saturated heterocycles. The monoisotopic (exact) mass is 495 g/mol. The lowest BCUT2D eigenvalue weighted by Gasteiger charge is -2.35. The number of halogens is 7. The van der Waals surface area contributed by atoms with Gasteiger partial charge in [0.2, 0.25) is 0 Å². The van der Waals surface area contributed by atoms with E-state index in [1.54, 1.807) is 13.0 Å². The Bertz CT molecular complexity index is 961. The van der Waals surface area contributed by atoms with Crippen LogP contribution in [0.25, 0.3) is 0 Å². The molecule has 1 amide bonds. The number of amides is 1. The molecule has 1 atom stereocenters. The summed E-state index contributed by atoms with van der Waals surface area (Å²) in [6.45, 7) is 3.42. The Morgan fingerprint density at radius 2 is 1.68 bits per heavy atom.